The summed E-state index contributed by atoms with van der Waals surface area (Å²) in [5.74, 6) is 0. The van der Waals surface area contributed by atoms with E-state index in [1.165, 1.54) is 19.3 Å². The minimum absolute atomic E-state index is 0.0529. The second-order valence-corrected chi connectivity index (χ2v) is 3.19. The number of ether oxygens (including phenoxy) is 2. The average Bonchev–Trinajstić information content (AvgIpc) is 2.18. The third-order valence-corrected chi connectivity index (χ3v) is 1.92. The zero-order valence-corrected chi connectivity index (χ0v) is 9.79. The molecule has 0 rings (SSSR count). The van der Waals surface area contributed by atoms with Crippen LogP contribution < -0.4 is 0 Å². The molecule has 0 aromatic rings. The fraction of sp³-hybridized carbons (Fsp3) is 0.833. The maximum Gasteiger partial charge on any atom is 0.160 e. The van der Waals surface area contributed by atoms with Crippen molar-refractivity contribution in [3.05, 3.63) is 12.2 Å². The molecule has 0 saturated heterocycles. The Morgan fingerprint density at radius 2 is 1.64 bits per heavy atom. The van der Waals surface area contributed by atoms with Crippen molar-refractivity contribution in [2.75, 3.05) is 13.2 Å². The van der Waals surface area contributed by atoms with Crippen molar-refractivity contribution in [3.8, 4) is 0 Å². The summed E-state index contributed by atoms with van der Waals surface area (Å²) in [5.41, 5.74) is 0. The van der Waals surface area contributed by atoms with Crippen molar-refractivity contribution in [2.24, 2.45) is 0 Å². The smallest absolute Gasteiger partial charge is 0.160 e. The zero-order valence-electron chi connectivity index (χ0n) is 9.79. The molecule has 0 unspecified atom stereocenters. The molecule has 0 aromatic carbocycles. The van der Waals surface area contributed by atoms with E-state index in [1.54, 1.807) is 0 Å². The number of unbranched alkanes of at least 4 members (excludes halogenated alkanes) is 2. The van der Waals surface area contributed by atoms with Gasteiger partial charge in [0.05, 0.1) is 0 Å². The molecule has 0 aliphatic rings. The Hall–Kier alpha value is -0.340. The highest BCUT2D eigenvalue weighted by atomic mass is 16.7. The third kappa shape index (κ3) is 8.27. The highest BCUT2D eigenvalue weighted by Gasteiger charge is 2.03. The van der Waals surface area contributed by atoms with Crippen LogP contribution in [0.25, 0.3) is 0 Å². The fourth-order valence-corrected chi connectivity index (χ4v) is 1.20. The van der Waals surface area contributed by atoms with Gasteiger partial charge in [0.2, 0.25) is 0 Å². The van der Waals surface area contributed by atoms with Crippen molar-refractivity contribution >= 4 is 0 Å². The monoisotopic (exact) mass is 200 g/mol. The molecule has 2 nitrogen and oxygen atoms in total. The standard InChI is InChI=1S/C12H24O2/c1-4-7-8-9-10-11-12(13-5-2)14-6-3/h9-10,12H,4-8,11H2,1-3H3/b10-9+. The number of hydrogen-bond donors (Lipinski definition) is 0. The van der Waals surface area contributed by atoms with E-state index in [1.807, 2.05) is 13.8 Å². The SMILES string of the molecule is CCCC/C=C/CC(OCC)OCC. The van der Waals surface area contributed by atoms with Crippen LogP contribution in [0.2, 0.25) is 0 Å². The van der Waals surface area contributed by atoms with Crippen LogP contribution in [0.15, 0.2) is 12.2 Å². The molecule has 0 radical (unpaired) electrons. The minimum atomic E-state index is -0.0529. The molecule has 0 heterocycles. The highest BCUT2D eigenvalue weighted by Crippen LogP contribution is 2.03. The van der Waals surface area contributed by atoms with Gasteiger partial charge in [-0.15, -0.1) is 0 Å². The first kappa shape index (κ1) is 13.7. The number of rotatable bonds is 9. The molecule has 2 heteroatoms. The topological polar surface area (TPSA) is 18.5 Å². The van der Waals surface area contributed by atoms with Gasteiger partial charge in [0, 0.05) is 19.6 Å². The van der Waals surface area contributed by atoms with E-state index in [0.717, 1.165) is 6.42 Å². The fourth-order valence-electron chi connectivity index (χ4n) is 1.20. The lowest BCUT2D eigenvalue weighted by Gasteiger charge is -2.14. The zero-order chi connectivity index (χ0) is 10.6. The van der Waals surface area contributed by atoms with Gasteiger partial charge < -0.3 is 9.47 Å². The Morgan fingerprint density at radius 1 is 1.00 bits per heavy atom. The quantitative estimate of drug-likeness (QED) is 0.322. The molecule has 0 bridgehead atoms. The molecular weight excluding hydrogens is 176 g/mol. The van der Waals surface area contributed by atoms with Gasteiger partial charge in [-0.05, 0) is 20.3 Å². The summed E-state index contributed by atoms with van der Waals surface area (Å²) < 4.78 is 10.8. The summed E-state index contributed by atoms with van der Waals surface area (Å²) in [7, 11) is 0. The Morgan fingerprint density at radius 3 is 2.14 bits per heavy atom. The molecule has 0 atom stereocenters. The van der Waals surface area contributed by atoms with Gasteiger partial charge in [-0.25, -0.2) is 0 Å². The largest absolute Gasteiger partial charge is 0.353 e. The second-order valence-electron chi connectivity index (χ2n) is 3.19. The predicted octanol–water partition coefficient (Wildman–Crippen LogP) is 3.52. The van der Waals surface area contributed by atoms with Crippen molar-refractivity contribution in [1.82, 2.24) is 0 Å². The van der Waals surface area contributed by atoms with Crippen LogP contribution in [0.1, 0.15) is 46.5 Å². The van der Waals surface area contributed by atoms with E-state index in [9.17, 15) is 0 Å². The summed E-state index contributed by atoms with van der Waals surface area (Å²) in [4.78, 5) is 0. The van der Waals surface area contributed by atoms with E-state index in [2.05, 4.69) is 19.1 Å². The van der Waals surface area contributed by atoms with Crippen LogP contribution in [0, 0.1) is 0 Å². The van der Waals surface area contributed by atoms with Gasteiger partial charge in [0.15, 0.2) is 6.29 Å². The predicted molar refractivity (Wildman–Crippen MR) is 60.3 cm³/mol. The average molecular weight is 200 g/mol. The van der Waals surface area contributed by atoms with E-state index >= 15 is 0 Å². The van der Waals surface area contributed by atoms with E-state index in [4.69, 9.17) is 9.47 Å². The molecule has 84 valence electrons. The van der Waals surface area contributed by atoms with Crippen molar-refractivity contribution in [2.45, 2.75) is 52.7 Å². The molecule has 14 heavy (non-hydrogen) atoms. The first-order valence-electron chi connectivity index (χ1n) is 5.73. The first-order valence-corrected chi connectivity index (χ1v) is 5.73. The highest BCUT2D eigenvalue weighted by molar-refractivity contribution is 4.82. The maximum atomic E-state index is 5.42. The number of allylic oxidation sites excluding steroid dienone is 1. The molecule has 0 N–H and O–H groups in total. The van der Waals surface area contributed by atoms with Gasteiger partial charge in [0.25, 0.3) is 0 Å². The van der Waals surface area contributed by atoms with Crippen LogP contribution in [-0.2, 0) is 9.47 Å². The van der Waals surface area contributed by atoms with Gasteiger partial charge in [-0.3, -0.25) is 0 Å². The van der Waals surface area contributed by atoms with Gasteiger partial charge in [-0.1, -0.05) is 31.9 Å². The molecule has 0 aromatic heterocycles. The Kier molecular flexibility index (Phi) is 10.5. The number of hydrogen-bond acceptors (Lipinski definition) is 2. The van der Waals surface area contributed by atoms with Crippen LogP contribution in [0.5, 0.6) is 0 Å². The van der Waals surface area contributed by atoms with Crippen molar-refractivity contribution in [1.29, 1.82) is 0 Å². The summed E-state index contributed by atoms with van der Waals surface area (Å²) in [6.45, 7) is 7.62. The molecule has 0 spiro atoms. The van der Waals surface area contributed by atoms with Crippen LogP contribution in [0.3, 0.4) is 0 Å². The van der Waals surface area contributed by atoms with Gasteiger partial charge in [0.1, 0.15) is 0 Å². The summed E-state index contributed by atoms with van der Waals surface area (Å²) in [6, 6.07) is 0. The second kappa shape index (κ2) is 10.7. The van der Waals surface area contributed by atoms with Gasteiger partial charge >= 0.3 is 0 Å². The molecule has 0 amide bonds. The molecule has 0 aliphatic heterocycles. The van der Waals surface area contributed by atoms with E-state index in [0.29, 0.717) is 13.2 Å². The lowest BCUT2D eigenvalue weighted by atomic mass is 10.2. The normalized spacial score (nSPS) is 11.7. The van der Waals surface area contributed by atoms with Crippen LogP contribution >= 0.6 is 0 Å². The molecular formula is C12H24O2. The van der Waals surface area contributed by atoms with Crippen molar-refractivity contribution < 1.29 is 9.47 Å². The first-order chi connectivity index (χ1) is 6.85. The van der Waals surface area contributed by atoms with Crippen LogP contribution in [-0.4, -0.2) is 19.5 Å². The summed E-state index contributed by atoms with van der Waals surface area (Å²) in [5, 5.41) is 0. The Bertz CT molecular complexity index is 126. The Balaban J connectivity index is 3.52. The molecule has 0 aliphatic carbocycles. The molecule has 0 saturated carbocycles. The minimum Gasteiger partial charge on any atom is -0.353 e. The van der Waals surface area contributed by atoms with Gasteiger partial charge in [-0.2, -0.15) is 0 Å². The lowest BCUT2D eigenvalue weighted by molar-refractivity contribution is -0.133. The summed E-state index contributed by atoms with van der Waals surface area (Å²) in [6.07, 6.45) is 8.88. The van der Waals surface area contributed by atoms with E-state index < -0.39 is 0 Å². The lowest BCUT2D eigenvalue weighted by Crippen LogP contribution is -2.16. The van der Waals surface area contributed by atoms with E-state index in [-0.39, 0.29) is 6.29 Å². The van der Waals surface area contributed by atoms with Crippen molar-refractivity contribution in [3.63, 3.8) is 0 Å². The molecule has 0 fully saturated rings. The maximum absolute atomic E-state index is 5.42. The summed E-state index contributed by atoms with van der Waals surface area (Å²) >= 11 is 0. The Labute approximate surface area is 88.3 Å². The van der Waals surface area contributed by atoms with Crippen LogP contribution in [0.4, 0.5) is 0 Å². The third-order valence-electron chi connectivity index (χ3n) is 1.92.